The van der Waals surface area contributed by atoms with E-state index in [9.17, 15) is 9.59 Å². The van der Waals surface area contributed by atoms with Gasteiger partial charge in [0.15, 0.2) is 5.65 Å². The molecule has 3 aliphatic rings. The highest BCUT2D eigenvalue weighted by Crippen LogP contribution is 2.42. The summed E-state index contributed by atoms with van der Waals surface area (Å²) in [7, 11) is 4.13. The minimum Gasteiger partial charge on any atom is -0.483 e. The summed E-state index contributed by atoms with van der Waals surface area (Å²) in [5, 5.41) is 11.0. The van der Waals surface area contributed by atoms with Crippen LogP contribution >= 0.6 is 0 Å². The van der Waals surface area contributed by atoms with Crippen molar-refractivity contribution in [1.29, 1.82) is 0 Å². The number of amides is 2. The second-order valence-corrected chi connectivity index (χ2v) is 9.14. The highest BCUT2D eigenvalue weighted by atomic mass is 16.3. The molecular formula is C22H30N6O4. The number of aromatic nitrogens is 3. The number of nitrogens with zero attached hydrogens (tertiary/aromatic N) is 6. The molecule has 3 aliphatic heterocycles. The van der Waals surface area contributed by atoms with E-state index in [0.29, 0.717) is 41.9 Å². The molecule has 4 atom stereocenters. The molecule has 10 heteroatoms. The maximum absolute atomic E-state index is 13.3. The molecule has 0 aromatic carbocycles. The fourth-order valence-electron chi connectivity index (χ4n) is 5.68. The van der Waals surface area contributed by atoms with Gasteiger partial charge in [0, 0.05) is 49.9 Å². The summed E-state index contributed by atoms with van der Waals surface area (Å²) < 4.78 is 1.67. The van der Waals surface area contributed by atoms with Gasteiger partial charge in [-0.3, -0.25) is 14.4 Å². The number of carbonyl (C=O) groups is 3. The van der Waals surface area contributed by atoms with Crippen molar-refractivity contribution in [2.45, 2.75) is 37.8 Å². The summed E-state index contributed by atoms with van der Waals surface area (Å²) in [6, 6.07) is 4.09. The van der Waals surface area contributed by atoms with Crippen LogP contribution < -0.4 is 0 Å². The zero-order valence-electron chi connectivity index (χ0n) is 18.5. The molecule has 5 heterocycles. The lowest BCUT2D eigenvalue weighted by Gasteiger charge is -2.57. The number of likely N-dealkylation sites (tertiary alicyclic amines) is 1. The normalized spacial score (nSPS) is 27.0. The van der Waals surface area contributed by atoms with Gasteiger partial charge in [-0.05, 0) is 57.3 Å². The monoisotopic (exact) mass is 442 g/mol. The molecule has 0 spiro atoms. The molecule has 10 nitrogen and oxygen atoms in total. The van der Waals surface area contributed by atoms with Gasteiger partial charge in [-0.1, -0.05) is 0 Å². The molecule has 3 fully saturated rings. The van der Waals surface area contributed by atoms with Gasteiger partial charge in [0.2, 0.25) is 5.91 Å². The van der Waals surface area contributed by atoms with Crippen molar-refractivity contribution in [2.75, 3.05) is 33.7 Å². The van der Waals surface area contributed by atoms with E-state index in [-0.39, 0.29) is 24.5 Å². The van der Waals surface area contributed by atoms with E-state index in [2.05, 4.69) is 34.0 Å². The molecular weight excluding hydrogens is 412 g/mol. The molecule has 172 valence electrons. The molecule has 0 radical (unpaired) electrons. The van der Waals surface area contributed by atoms with Crippen LogP contribution in [0.15, 0.2) is 24.7 Å². The molecule has 3 saturated heterocycles. The Bertz CT molecular complexity index is 992. The third-order valence-corrected chi connectivity index (χ3v) is 6.86. The largest absolute Gasteiger partial charge is 0.483 e. The van der Waals surface area contributed by atoms with Gasteiger partial charge < -0.3 is 19.8 Å². The second-order valence-electron chi connectivity index (χ2n) is 9.14. The minimum atomic E-state index is -0.250. The van der Waals surface area contributed by atoms with Gasteiger partial charge in [0.05, 0.1) is 0 Å². The predicted octanol–water partition coefficient (Wildman–Crippen LogP) is 0.833. The molecule has 0 unspecified atom stereocenters. The van der Waals surface area contributed by atoms with E-state index in [1.807, 2.05) is 17.0 Å². The summed E-state index contributed by atoms with van der Waals surface area (Å²) in [6.45, 7) is 2.05. The van der Waals surface area contributed by atoms with Gasteiger partial charge >= 0.3 is 0 Å². The number of hydrogen-bond donors (Lipinski definition) is 1. The van der Waals surface area contributed by atoms with Crippen LogP contribution in [0.1, 0.15) is 36.0 Å². The Labute approximate surface area is 186 Å². The first-order valence-corrected chi connectivity index (χ1v) is 11.0. The molecule has 2 aromatic heterocycles. The average Bonchev–Trinajstić information content (AvgIpc) is 3.24. The number of carbonyl (C=O) groups excluding carboxylic acids is 2. The zero-order chi connectivity index (χ0) is 22.8. The van der Waals surface area contributed by atoms with Crippen molar-refractivity contribution in [3.8, 4) is 0 Å². The Kier molecular flexibility index (Phi) is 6.40. The van der Waals surface area contributed by atoms with Crippen molar-refractivity contribution in [2.24, 2.45) is 11.8 Å². The van der Waals surface area contributed by atoms with Crippen LogP contribution in [-0.2, 0) is 9.59 Å². The third kappa shape index (κ3) is 4.19. The lowest BCUT2D eigenvalue weighted by Crippen LogP contribution is -2.67. The fraction of sp³-hybridized carbons (Fsp3) is 0.591. The summed E-state index contributed by atoms with van der Waals surface area (Å²) >= 11 is 0. The Hall–Kier alpha value is -3.01. The maximum Gasteiger partial charge on any atom is 0.290 e. The fourth-order valence-corrected chi connectivity index (χ4v) is 5.68. The van der Waals surface area contributed by atoms with E-state index >= 15 is 0 Å². The molecule has 2 aromatic rings. The van der Waals surface area contributed by atoms with Crippen molar-refractivity contribution in [1.82, 2.24) is 29.3 Å². The molecule has 32 heavy (non-hydrogen) atoms. The zero-order valence-corrected chi connectivity index (χ0v) is 18.5. The highest BCUT2D eigenvalue weighted by Gasteiger charge is 2.50. The van der Waals surface area contributed by atoms with Crippen LogP contribution in [0.5, 0.6) is 0 Å². The standard InChI is InChI=1S/C21H28N6O2.CH2O2/c1-24(2)12-18-16-8-15(17-4-3-5-20(28)27(17)18)10-25(11-16)21(29)14-6-7-26-19(9-14)22-13-23-26;2-1-3/h6-7,9,13,15-18H,3-5,8,10-12H2,1-2H3;1H,(H,2,3)/t15-,16+,17+,18+;/m1./s1. The number of carboxylic acid groups (broad SMARTS) is 1. The van der Waals surface area contributed by atoms with E-state index in [1.165, 1.54) is 6.33 Å². The van der Waals surface area contributed by atoms with Gasteiger partial charge in [-0.25, -0.2) is 9.50 Å². The summed E-state index contributed by atoms with van der Waals surface area (Å²) in [4.78, 5) is 45.1. The molecule has 2 bridgehead atoms. The maximum atomic E-state index is 13.3. The van der Waals surface area contributed by atoms with Crippen molar-refractivity contribution < 1.29 is 19.5 Å². The first-order valence-electron chi connectivity index (χ1n) is 11.0. The topological polar surface area (TPSA) is 111 Å². The first-order chi connectivity index (χ1) is 15.4. The number of fused-ring (bicyclic) bond motifs is 5. The van der Waals surface area contributed by atoms with Gasteiger partial charge in [-0.15, -0.1) is 0 Å². The lowest BCUT2D eigenvalue weighted by molar-refractivity contribution is -0.152. The van der Waals surface area contributed by atoms with Gasteiger partial charge in [-0.2, -0.15) is 5.10 Å². The van der Waals surface area contributed by atoms with Crippen LogP contribution in [0.4, 0.5) is 0 Å². The lowest BCUT2D eigenvalue weighted by atomic mass is 9.72. The predicted molar refractivity (Wildman–Crippen MR) is 116 cm³/mol. The SMILES string of the molecule is CN(C)C[C@H]1[C@H]2C[C@H](CN(C(=O)c3ccn4ncnc4c3)C2)[C@@H]2CCCC(=O)N21.O=CO. The number of rotatable bonds is 3. The van der Waals surface area contributed by atoms with E-state index in [0.717, 1.165) is 32.4 Å². The number of piperidine rings is 3. The van der Waals surface area contributed by atoms with Gasteiger partial charge in [0.25, 0.3) is 12.4 Å². The number of pyridine rings is 1. The summed E-state index contributed by atoms with van der Waals surface area (Å²) in [5.74, 6) is 1.07. The number of hydrogen-bond acceptors (Lipinski definition) is 6. The smallest absolute Gasteiger partial charge is 0.290 e. The minimum absolute atomic E-state index is 0.0596. The molecule has 2 amide bonds. The molecule has 0 aliphatic carbocycles. The Morgan fingerprint density at radius 3 is 2.81 bits per heavy atom. The third-order valence-electron chi connectivity index (χ3n) is 6.86. The average molecular weight is 443 g/mol. The van der Waals surface area contributed by atoms with E-state index in [1.54, 1.807) is 10.7 Å². The summed E-state index contributed by atoms with van der Waals surface area (Å²) in [5.41, 5.74) is 1.34. The summed E-state index contributed by atoms with van der Waals surface area (Å²) in [6.07, 6.45) is 7.08. The molecule has 1 N–H and O–H groups in total. The van der Waals surface area contributed by atoms with Crippen molar-refractivity contribution >= 4 is 23.9 Å². The Morgan fingerprint density at radius 2 is 2.06 bits per heavy atom. The van der Waals surface area contributed by atoms with Crippen molar-refractivity contribution in [3.63, 3.8) is 0 Å². The number of likely N-dealkylation sites (N-methyl/N-ethyl adjacent to an activating group) is 1. The van der Waals surface area contributed by atoms with Gasteiger partial charge in [0.1, 0.15) is 6.33 Å². The van der Waals surface area contributed by atoms with Crippen LogP contribution in [0.2, 0.25) is 0 Å². The Morgan fingerprint density at radius 1 is 1.31 bits per heavy atom. The molecule has 5 rings (SSSR count). The second kappa shape index (κ2) is 9.23. The van der Waals surface area contributed by atoms with E-state index in [4.69, 9.17) is 9.90 Å². The van der Waals surface area contributed by atoms with E-state index < -0.39 is 0 Å². The highest BCUT2D eigenvalue weighted by molar-refractivity contribution is 5.95. The quantitative estimate of drug-likeness (QED) is 0.701. The first kappa shape index (κ1) is 22.2. The van der Waals surface area contributed by atoms with Crippen LogP contribution in [-0.4, -0.2) is 98.5 Å². The van der Waals surface area contributed by atoms with Crippen molar-refractivity contribution in [3.05, 3.63) is 30.2 Å². The Balaban J connectivity index is 0.000000775. The molecule has 0 saturated carbocycles. The van der Waals surface area contributed by atoms with Crippen LogP contribution in [0.25, 0.3) is 5.65 Å². The van der Waals surface area contributed by atoms with Crippen LogP contribution in [0, 0.1) is 11.8 Å². The van der Waals surface area contributed by atoms with Crippen LogP contribution in [0.3, 0.4) is 0 Å².